The zero-order valence-electron chi connectivity index (χ0n) is 13.5. The molecule has 2 aromatic rings. The monoisotopic (exact) mass is 325 g/mol. The van der Waals surface area contributed by atoms with E-state index in [0.717, 1.165) is 17.1 Å². The van der Waals surface area contributed by atoms with Crippen LogP contribution in [0.15, 0.2) is 48.5 Å². The molecule has 0 aliphatic carbocycles. The van der Waals surface area contributed by atoms with Gasteiger partial charge in [0.1, 0.15) is 6.04 Å². The number of nitrogens with zero attached hydrogens (tertiary/aromatic N) is 1. The highest BCUT2D eigenvalue weighted by Gasteiger charge is 2.54. The van der Waals surface area contributed by atoms with Crippen molar-refractivity contribution in [2.45, 2.75) is 25.6 Å². The van der Waals surface area contributed by atoms with Gasteiger partial charge in [-0.1, -0.05) is 36.4 Å². The summed E-state index contributed by atoms with van der Waals surface area (Å²) in [5.74, 6) is 1.32. The fourth-order valence-corrected chi connectivity index (χ4v) is 3.23. The molecule has 0 aromatic heterocycles. The lowest BCUT2D eigenvalue weighted by Gasteiger charge is -2.05. The van der Waals surface area contributed by atoms with Crippen LogP contribution in [0.1, 0.15) is 24.1 Å². The number of ether oxygens (including phenoxy) is 3. The Bertz CT molecular complexity index is 746. The van der Waals surface area contributed by atoms with Gasteiger partial charge < -0.3 is 14.2 Å². The summed E-state index contributed by atoms with van der Waals surface area (Å²) in [6.45, 7) is 3.18. The molecule has 1 fully saturated rings. The Balaban J connectivity index is 1.58. The summed E-state index contributed by atoms with van der Waals surface area (Å²) in [6, 6.07) is 15.8. The first-order chi connectivity index (χ1) is 11.8. The highest BCUT2D eigenvalue weighted by molar-refractivity contribution is 5.81. The second-order valence-corrected chi connectivity index (χ2v) is 5.91. The van der Waals surface area contributed by atoms with Gasteiger partial charge in [0.2, 0.25) is 6.79 Å². The van der Waals surface area contributed by atoms with E-state index in [1.54, 1.807) is 0 Å². The summed E-state index contributed by atoms with van der Waals surface area (Å²) in [5.41, 5.74) is 2.23. The van der Waals surface area contributed by atoms with Crippen LogP contribution in [-0.2, 0) is 16.1 Å². The molecule has 0 saturated carbocycles. The van der Waals surface area contributed by atoms with Gasteiger partial charge in [-0.15, -0.1) is 0 Å². The zero-order valence-corrected chi connectivity index (χ0v) is 13.5. The predicted molar refractivity (Wildman–Crippen MR) is 87.7 cm³/mol. The molecule has 5 heteroatoms. The van der Waals surface area contributed by atoms with Crippen molar-refractivity contribution in [3.8, 4) is 11.5 Å². The van der Waals surface area contributed by atoms with Gasteiger partial charge in [-0.2, -0.15) is 0 Å². The summed E-state index contributed by atoms with van der Waals surface area (Å²) in [4.78, 5) is 14.4. The number of carbonyl (C=O) groups excluding carboxylic acids is 1. The van der Waals surface area contributed by atoms with Crippen LogP contribution in [0.2, 0.25) is 0 Å². The van der Waals surface area contributed by atoms with E-state index in [-0.39, 0.29) is 24.8 Å². The van der Waals surface area contributed by atoms with Gasteiger partial charge in [-0.25, -0.2) is 0 Å². The number of esters is 1. The Morgan fingerprint density at radius 3 is 2.75 bits per heavy atom. The minimum atomic E-state index is -0.245. The number of fused-ring (bicyclic) bond motifs is 1. The molecule has 2 aromatic carbocycles. The van der Waals surface area contributed by atoms with E-state index in [9.17, 15) is 4.79 Å². The normalized spacial score (nSPS) is 23.8. The second-order valence-electron chi connectivity index (χ2n) is 5.91. The quantitative estimate of drug-likeness (QED) is 0.625. The maximum atomic E-state index is 12.3. The second kappa shape index (κ2) is 6.17. The lowest BCUT2D eigenvalue weighted by atomic mass is 10.1. The van der Waals surface area contributed by atoms with E-state index in [1.165, 1.54) is 5.56 Å². The largest absolute Gasteiger partial charge is 0.465 e. The maximum Gasteiger partial charge on any atom is 0.325 e. The van der Waals surface area contributed by atoms with Gasteiger partial charge in [0.05, 0.1) is 12.6 Å². The van der Waals surface area contributed by atoms with Gasteiger partial charge in [0.25, 0.3) is 0 Å². The third kappa shape index (κ3) is 2.71. The molecule has 0 radical (unpaired) electrons. The van der Waals surface area contributed by atoms with E-state index >= 15 is 0 Å². The molecule has 24 heavy (non-hydrogen) atoms. The van der Waals surface area contributed by atoms with Crippen molar-refractivity contribution < 1.29 is 19.0 Å². The molecule has 124 valence electrons. The minimum Gasteiger partial charge on any atom is -0.465 e. The first kappa shape index (κ1) is 15.0. The van der Waals surface area contributed by atoms with Crippen LogP contribution in [0.3, 0.4) is 0 Å². The lowest BCUT2D eigenvalue weighted by Crippen LogP contribution is -2.16. The number of carbonyl (C=O) groups is 1. The maximum absolute atomic E-state index is 12.3. The molecular formula is C19H19NO4. The summed E-state index contributed by atoms with van der Waals surface area (Å²) >= 11 is 0. The molecule has 0 amide bonds. The van der Waals surface area contributed by atoms with E-state index in [0.29, 0.717) is 13.2 Å². The Labute approximate surface area is 140 Å². The SMILES string of the molecule is CCOC(=O)[C@@H]1[C@H](c2ccc3c(c2)OCO3)N1Cc1ccccc1. The average Bonchev–Trinajstić information content (AvgIpc) is 3.11. The third-order valence-corrected chi connectivity index (χ3v) is 4.40. The Morgan fingerprint density at radius 2 is 1.96 bits per heavy atom. The summed E-state index contributed by atoms with van der Waals surface area (Å²) in [7, 11) is 0. The van der Waals surface area contributed by atoms with E-state index in [4.69, 9.17) is 14.2 Å². The van der Waals surface area contributed by atoms with Crippen molar-refractivity contribution in [3.63, 3.8) is 0 Å². The van der Waals surface area contributed by atoms with E-state index < -0.39 is 0 Å². The molecule has 0 bridgehead atoms. The smallest absolute Gasteiger partial charge is 0.325 e. The van der Waals surface area contributed by atoms with E-state index in [1.807, 2.05) is 43.3 Å². The van der Waals surface area contributed by atoms with Gasteiger partial charge in [-0.05, 0) is 30.2 Å². The van der Waals surface area contributed by atoms with E-state index in [2.05, 4.69) is 17.0 Å². The highest BCUT2D eigenvalue weighted by atomic mass is 16.7. The molecule has 0 spiro atoms. The predicted octanol–water partition coefficient (Wildman–Crippen LogP) is 2.90. The van der Waals surface area contributed by atoms with Crippen LogP contribution in [0.5, 0.6) is 11.5 Å². The summed E-state index contributed by atoms with van der Waals surface area (Å²) in [5, 5.41) is 0. The topological polar surface area (TPSA) is 47.8 Å². The molecule has 2 aliphatic rings. The summed E-state index contributed by atoms with van der Waals surface area (Å²) in [6.07, 6.45) is 0. The molecule has 4 rings (SSSR count). The Morgan fingerprint density at radius 1 is 1.17 bits per heavy atom. The van der Waals surface area contributed by atoms with Crippen molar-refractivity contribution in [2.24, 2.45) is 0 Å². The molecular weight excluding hydrogens is 306 g/mol. The number of hydrogen-bond acceptors (Lipinski definition) is 5. The lowest BCUT2D eigenvalue weighted by molar-refractivity contribution is -0.143. The number of benzene rings is 2. The van der Waals surface area contributed by atoms with Crippen molar-refractivity contribution in [2.75, 3.05) is 13.4 Å². The number of hydrogen-bond donors (Lipinski definition) is 0. The van der Waals surface area contributed by atoms with Crippen LogP contribution in [-0.4, -0.2) is 30.3 Å². The van der Waals surface area contributed by atoms with Gasteiger partial charge in [0, 0.05) is 6.54 Å². The fourth-order valence-electron chi connectivity index (χ4n) is 3.23. The Hall–Kier alpha value is -2.53. The Kier molecular flexibility index (Phi) is 3.86. The molecule has 1 unspecified atom stereocenters. The first-order valence-electron chi connectivity index (χ1n) is 8.14. The molecule has 3 atom stereocenters. The van der Waals surface area contributed by atoms with Crippen molar-refractivity contribution in [1.82, 2.24) is 4.90 Å². The van der Waals surface area contributed by atoms with Crippen molar-refractivity contribution in [1.29, 1.82) is 0 Å². The highest BCUT2D eigenvalue weighted by Crippen LogP contribution is 2.47. The summed E-state index contributed by atoms with van der Waals surface area (Å²) < 4.78 is 16.1. The molecule has 2 heterocycles. The fraction of sp³-hybridized carbons (Fsp3) is 0.316. The van der Waals surface area contributed by atoms with Crippen LogP contribution in [0.25, 0.3) is 0 Å². The van der Waals surface area contributed by atoms with Crippen LogP contribution in [0, 0.1) is 0 Å². The third-order valence-electron chi connectivity index (χ3n) is 4.40. The average molecular weight is 325 g/mol. The van der Waals surface area contributed by atoms with Crippen LogP contribution in [0.4, 0.5) is 0 Å². The van der Waals surface area contributed by atoms with Crippen molar-refractivity contribution in [3.05, 3.63) is 59.7 Å². The standard InChI is InChI=1S/C19H19NO4/c1-2-22-19(21)18-17(20(18)11-13-6-4-3-5-7-13)14-8-9-15-16(10-14)24-12-23-15/h3-10,17-18H,2,11-12H2,1H3/t17-,18-,20?/m0/s1. The van der Waals surface area contributed by atoms with Crippen LogP contribution < -0.4 is 9.47 Å². The molecule has 0 N–H and O–H groups in total. The number of rotatable bonds is 5. The molecule has 2 aliphatic heterocycles. The van der Waals surface area contributed by atoms with Crippen LogP contribution >= 0.6 is 0 Å². The van der Waals surface area contributed by atoms with Crippen molar-refractivity contribution >= 4 is 5.97 Å². The van der Waals surface area contributed by atoms with Gasteiger partial charge in [0.15, 0.2) is 11.5 Å². The van der Waals surface area contributed by atoms with Gasteiger partial charge >= 0.3 is 5.97 Å². The molecule has 1 saturated heterocycles. The molecule has 5 nitrogen and oxygen atoms in total. The minimum absolute atomic E-state index is 0.0127. The zero-order chi connectivity index (χ0) is 16.5. The van der Waals surface area contributed by atoms with Gasteiger partial charge in [-0.3, -0.25) is 9.69 Å². The first-order valence-corrected chi connectivity index (χ1v) is 8.14.